The van der Waals surface area contributed by atoms with Gasteiger partial charge in [0, 0.05) is 6.61 Å². The molecule has 3 N–H and O–H groups in total. The van der Waals surface area contributed by atoms with Gasteiger partial charge in [0.15, 0.2) is 0 Å². The first-order chi connectivity index (χ1) is 12.7. The Hall–Kier alpha value is -0.460. The van der Waals surface area contributed by atoms with E-state index in [9.17, 15) is 10.2 Å². The fraction of sp³-hybridized carbons (Fsp3) is 0.905. The third-order valence-electron chi connectivity index (χ3n) is 4.97. The average Bonchev–Trinajstić information content (AvgIpc) is 3.02. The van der Waals surface area contributed by atoms with Crippen molar-refractivity contribution in [3.8, 4) is 0 Å². The first-order valence-electron chi connectivity index (χ1n) is 10.6. The molecule has 0 aliphatic carbocycles. The molecule has 0 spiro atoms. The van der Waals surface area contributed by atoms with Gasteiger partial charge in [0.25, 0.3) is 0 Å². The molecule has 0 unspecified atom stereocenters. The van der Waals surface area contributed by atoms with Crippen LogP contribution in [0.5, 0.6) is 0 Å². The summed E-state index contributed by atoms with van der Waals surface area (Å²) < 4.78 is 11.0. The van der Waals surface area contributed by atoms with Crippen molar-refractivity contribution in [2.24, 2.45) is 0 Å². The molecule has 0 bridgehead atoms. The lowest BCUT2D eigenvalue weighted by Gasteiger charge is -2.20. The Morgan fingerprint density at radius 2 is 1.62 bits per heavy atom. The second-order valence-electron chi connectivity index (χ2n) is 7.32. The van der Waals surface area contributed by atoms with Crippen LogP contribution in [0, 0.1) is 0 Å². The fourth-order valence-corrected chi connectivity index (χ4v) is 3.26. The molecule has 5 nitrogen and oxygen atoms in total. The second-order valence-corrected chi connectivity index (χ2v) is 7.32. The van der Waals surface area contributed by atoms with Gasteiger partial charge < -0.3 is 24.8 Å². The Morgan fingerprint density at radius 3 is 2.27 bits per heavy atom. The van der Waals surface area contributed by atoms with Crippen molar-refractivity contribution in [3.63, 3.8) is 0 Å². The highest BCUT2D eigenvalue weighted by Gasteiger charge is 2.40. The van der Waals surface area contributed by atoms with E-state index in [1.54, 1.807) is 0 Å². The van der Waals surface area contributed by atoms with Crippen LogP contribution in [-0.4, -0.2) is 59.6 Å². The largest absolute Gasteiger partial charge is 0.394 e. The van der Waals surface area contributed by atoms with Crippen LogP contribution in [0.1, 0.15) is 77.6 Å². The highest BCUT2D eigenvalue weighted by molar-refractivity contribution is 4.88. The Balaban J connectivity index is 1.88. The summed E-state index contributed by atoms with van der Waals surface area (Å²) in [6.07, 6.45) is 15.2. The lowest BCUT2D eigenvalue weighted by atomic mass is 10.1. The van der Waals surface area contributed by atoms with Gasteiger partial charge in [-0.3, -0.25) is 0 Å². The van der Waals surface area contributed by atoms with Crippen molar-refractivity contribution < 1.29 is 24.8 Å². The van der Waals surface area contributed by atoms with Gasteiger partial charge in [-0.25, -0.2) is 0 Å². The van der Waals surface area contributed by atoms with Crippen LogP contribution >= 0.6 is 0 Å². The van der Waals surface area contributed by atoms with Crippen LogP contribution in [0.2, 0.25) is 0 Å². The smallest absolute Gasteiger partial charge is 0.114 e. The van der Waals surface area contributed by atoms with Gasteiger partial charge in [0.2, 0.25) is 0 Å². The number of rotatable bonds is 16. The van der Waals surface area contributed by atoms with Gasteiger partial charge in [-0.05, 0) is 32.1 Å². The highest BCUT2D eigenvalue weighted by Crippen LogP contribution is 2.20. The predicted molar refractivity (Wildman–Crippen MR) is 104 cm³/mol. The number of ether oxygens (including phenoxy) is 2. The van der Waals surface area contributed by atoms with Crippen LogP contribution in [-0.2, 0) is 9.47 Å². The molecule has 5 heteroatoms. The molecule has 154 valence electrons. The van der Waals surface area contributed by atoms with E-state index in [2.05, 4.69) is 19.1 Å². The first kappa shape index (κ1) is 23.6. The van der Waals surface area contributed by atoms with Crippen LogP contribution in [0.3, 0.4) is 0 Å². The molecule has 1 rings (SSSR count). The van der Waals surface area contributed by atoms with Crippen LogP contribution < -0.4 is 0 Å². The maximum absolute atomic E-state index is 10.0. The van der Waals surface area contributed by atoms with E-state index in [0.29, 0.717) is 6.61 Å². The van der Waals surface area contributed by atoms with Gasteiger partial charge in [0.05, 0.1) is 13.2 Å². The lowest BCUT2D eigenvalue weighted by molar-refractivity contribution is -0.0730. The van der Waals surface area contributed by atoms with Crippen molar-refractivity contribution in [1.82, 2.24) is 0 Å². The van der Waals surface area contributed by atoms with E-state index in [0.717, 1.165) is 12.8 Å². The van der Waals surface area contributed by atoms with Gasteiger partial charge in [0.1, 0.15) is 24.4 Å². The zero-order valence-electron chi connectivity index (χ0n) is 16.5. The van der Waals surface area contributed by atoms with E-state index in [4.69, 9.17) is 14.6 Å². The predicted octanol–water partition coefficient (Wildman–Crippen LogP) is 3.35. The summed E-state index contributed by atoms with van der Waals surface area (Å²) in [4.78, 5) is 0. The highest BCUT2D eigenvalue weighted by atomic mass is 16.6. The van der Waals surface area contributed by atoms with E-state index in [1.807, 2.05) is 0 Å². The molecule has 1 heterocycles. The molecule has 0 saturated carbocycles. The molecule has 0 amide bonds. The Morgan fingerprint density at radius 1 is 1.00 bits per heavy atom. The fourth-order valence-electron chi connectivity index (χ4n) is 3.26. The lowest BCUT2D eigenvalue weighted by Crippen LogP contribution is -2.41. The molecule has 1 aliphatic heterocycles. The Labute approximate surface area is 159 Å². The summed E-state index contributed by atoms with van der Waals surface area (Å²) in [5.74, 6) is 0. The quantitative estimate of drug-likeness (QED) is 0.286. The molecule has 1 saturated heterocycles. The topological polar surface area (TPSA) is 79.2 Å². The number of aliphatic hydroxyl groups excluding tert-OH is 3. The molecule has 1 aliphatic rings. The van der Waals surface area contributed by atoms with Crippen molar-refractivity contribution in [3.05, 3.63) is 12.2 Å². The molecular formula is C21H40O5. The molecule has 1 fully saturated rings. The maximum Gasteiger partial charge on any atom is 0.114 e. The zero-order chi connectivity index (χ0) is 19.0. The van der Waals surface area contributed by atoms with Crippen LogP contribution in [0.25, 0.3) is 0 Å². The number of hydrogen-bond donors (Lipinski definition) is 3. The zero-order valence-corrected chi connectivity index (χ0v) is 16.5. The maximum atomic E-state index is 10.0. The minimum absolute atomic E-state index is 0.273. The summed E-state index contributed by atoms with van der Waals surface area (Å²) in [6, 6.07) is 0. The Bertz CT molecular complexity index is 347. The van der Waals surface area contributed by atoms with Crippen molar-refractivity contribution in [2.45, 2.75) is 102 Å². The third-order valence-corrected chi connectivity index (χ3v) is 4.97. The van der Waals surface area contributed by atoms with E-state index in [-0.39, 0.29) is 6.61 Å². The average molecular weight is 373 g/mol. The first-order valence-corrected chi connectivity index (χ1v) is 10.6. The molecule has 26 heavy (non-hydrogen) atoms. The van der Waals surface area contributed by atoms with E-state index in [1.165, 1.54) is 57.8 Å². The molecule has 0 radical (unpaired) electrons. The monoisotopic (exact) mass is 372 g/mol. The number of hydrogen-bond acceptors (Lipinski definition) is 5. The summed E-state index contributed by atoms with van der Waals surface area (Å²) in [5.41, 5.74) is 0. The van der Waals surface area contributed by atoms with Crippen LogP contribution in [0.15, 0.2) is 12.2 Å². The van der Waals surface area contributed by atoms with Crippen LogP contribution in [0.4, 0.5) is 0 Å². The normalized spacial score (nSPS) is 24.5. The standard InChI is InChI=1S/C21H40O5/c1-2-3-4-5-6-7-8-9-10-11-12-13-14-15-25-19-17-26-21(20(19)24)18(23)16-22/h6-7,18-24H,2-5,8-17H2,1H3/b7-6+/t18-,19+,20+,21+/m1/s1. The summed E-state index contributed by atoms with van der Waals surface area (Å²) >= 11 is 0. The minimum Gasteiger partial charge on any atom is -0.394 e. The molecule has 0 aromatic carbocycles. The summed E-state index contributed by atoms with van der Waals surface area (Å²) in [6.45, 7) is 2.70. The molecular weight excluding hydrogens is 332 g/mol. The number of unbranched alkanes of at least 4 members (excludes halogenated alkanes) is 9. The van der Waals surface area contributed by atoms with Crippen molar-refractivity contribution in [2.75, 3.05) is 19.8 Å². The van der Waals surface area contributed by atoms with Gasteiger partial charge in [-0.15, -0.1) is 0 Å². The number of aliphatic hydroxyl groups is 3. The summed E-state index contributed by atoms with van der Waals surface area (Å²) in [5, 5.41) is 28.5. The second kappa shape index (κ2) is 15.6. The SMILES string of the molecule is CCCCC/C=C/CCCCCCCCO[C@H]1CO[C@@H]([C@H](O)CO)[C@H]1O. The van der Waals surface area contributed by atoms with E-state index >= 15 is 0 Å². The summed E-state index contributed by atoms with van der Waals surface area (Å²) in [7, 11) is 0. The van der Waals surface area contributed by atoms with Crippen molar-refractivity contribution in [1.29, 1.82) is 0 Å². The van der Waals surface area contributed by atoms with Crippen molar-refractivity contribution >= 4 is 0 Å². The van der Waals surface area contributed by atoms with Gasteiger partial charge in [-0.1, -0.05) is 57.6 Å². The Kier molecular flexibility index (Phi) is 14.1. The van der Waals surface area contributed by atoms with Gasteiger partial charge in [-0.2, -0.15) is 0 Å². The third kappa shape index (κ3) is 10.0. The van der Waals surface area contributed by atoms with E-state index < -0.39 is 31.0 Å². The molecule has 0 aromatic rings. The van der Waals surface area contributed by atoms with Gasteiger partial charge >= 0.3 is 0 Å². The number of allylic oxidation sites excluding steroid dienone is 2. The molecule has 0 aromatic heterocycles. The molecule has 4 atom stereocenters. The minimum atomic E-state index is -1.05.